The number of rotatable bonds is 5. The monoisotopic (exact) mass is 309 g/mol. The van der Waals surface area contributed by atoms with Crippen LogP contribution in [0.5, 0.6) is 0 Å². The summed E-state index contributed by atoms with van der Waals surface area (Å²) >= 11 is 7.64. The first kappa shape index (κ1) is 14.9. The largest absolute Gasteiger partial charge is 0.383 e. The lowest BCUT2D eigenvalue weighted by molar-refractivity contribution is 0.718. The van der Waals surface area contributed by atoms with Gasteiger partial charge in [-0.05, 0) is 29.9 Å². The molecular weight excluding hydrogens is 294 g/mol. The molecule has 0 spiro atoms. The highest BCUT2D eigenvalue weighted by molar-refractivity contribution is 7.99. The van der Waals surface area contributed by atoms with Gasteiger partial charge in [0, 0.05) is 17.5 Å². The van der Waals surface area contributed by atoms with Gasteiger partial charge in [-0.1, -0.05) is 30.7 Å². The van der Waals surface area contributed by atoms with Crippen molar-refractivity contribution in [1.82, 2.24) is 15.3 Å². The van der Waals surface area contributed by atoms with Gasteiger partial charge in [0.25, 0.3) is 0 Å². The molecule has 2 aromatic rings. The first-order valence-electron chi connectivity index (χ1n) is 6.16. The van der Waals surface area contributed by atoms with Crippen molar-refractivity contribution < 1.29 is 0 Å². The Morgan fingerprint density at radius 2 is 1.95 bits per heavy atom. The topological polar surface area (TPSA) is 89.8 Å². The zero-order valence-corrected chi connectivity index (χ0v) is 12.6. The lowest BCUT2D eigenvalue weighted by atomic mass is 10.2. The molecule has 5 nitrogen and oxygen atoms in total. The standard InChI is InChI=1S/C13H16ClN5S/c1-2-17-7-8-4-3-5-9(14)12(8)20-13-18-10(15)6-11(16)19-13/h3-6,17H,2,7H2,1H3,(H4,15,16,18,19). The quantitative estimate of drug-likeness (QED) is 0.735. The van der Waals surface area contributed by atoms with E-state index >= 15 is 0 Å². The summed E-state index contributed by atoms with van der Waals surface area (Å²) in [5.74, 6) is 0.695. The molecule has 0 saturated carbocycles. The Bertz CT molecular complexity index is 585. The number of aromatic nitrogens is 2. The first-order valence-corrected chi connectivity index (χ1v) is 7.35. The molecule has 1 aromatic carbocycles. The lowest BCUT2D eigenvalue weighted by Gasteiger charge is -2.11. The zero-order chi connectivity index (χ0) is 14.5. The average Bonchev–Trinajstić information content (AvgIpc) is 2.38. The van der Waals surface area contributed by atoms with Gasteiger partial charge in [-0.15, -0.1) is 0 Å². The van der Waals surface area contributed by atoms with E-state index in [9.17, 15) is 0 Å². The van der Waals surface area contributed by atoms with Crippen molar-refractivity contribution >= 4 is 35.0 Å². The lowest BCUT2D eigenvalue weighted by Crippen LogP contribution is -2.12. The Balaban J connectivity index is 2.31. The minimum absolute atomic E-state index is 0.347. The highest BCUT2D eigenvalue weighted by atomic mass is 35.5. The molecule has 20 heavy (non-hydrogen) atoms. The highest BCUT2D eigenvalue weighted by Crippen LogP contribution is 2.35. The number of hydrogen-bond donors (Lipinski definition) is 3. The van der Waals surface area contributed by atoms with Crippen LogP contribution in [-0.2, 0) is 6.54 Å². The summed E-state index contributed by atoms with van der Waals surface area (Å²) in [6, 6.07) is 7.31. The number of benzene rings is 1. The summed E-state index contributed by atoms with van der Waals surface area (Å²) in [7, 11) is 0. The molecule has 1 heterocycles. The van der Waals surface area contributed by atoms with Gasteiger partial charge in [0.1, 0.15) is 11.6 Å². The molecule has 0 radical (unpaired) electrons. The van der Waals surface area contributed by atoms with Crippen molar-refractivity contribution in [2.45, 2.75) is 23.5 Å². The Labute approximate surface area is 127 Å². The third kappa shape index (κ3) is 3.75. The normalized spacial score (nSPS) is 10.7. The summed E-state index contributed by atoms with van der Waals surface area (Å²) in [4.78, 5) is 9.24. The van der Waals surface area contributed by atoms with Crippen molar-refractivity contribution in [3.05, 3.63) is 34.9 Å². The molecule has 106 valence electrons. The van der Waals surface area contributed by atoms with Gasteiger partial charge in [0.05, 0.1) is 5.02 Å². The Morgan fingerprint density at radius 3 is 2.60 bits per heavy atom. The summed E-state index contributed by atoms with van der Waals surface area (Å²) in [6.07, 6.45) is 0. The first-order chi connectivity index (χ1) is 9.60. The Morgan fingerprint density at radius 1 is 1.25 bits per heavy atom. The molecule has 0 aliphatic carbocycles. The van der Waals surface area contributed by atoms with E-state index in [0.29, 0.717) is 21.8 Å². The van der Waals surface area contributed by atoms with Crippen LogP contribution in [0.25, 0.3) is 0 Å². The maximum Gasteiger partial charge on any atom is 0.196 e. The van der Waals surface area contributed by atoms with Crippen molar-refractivity contribution in [2.75, 3.05) is 18.0 Å². The van der Waals surface area contributed by atoms with Gasteiger partial charge in [0.15, 0.2) is 5.16 Å². The van der Waals surface area contributed by atoms with E-state index in [1.165, 1.54) is 17.8 Å². The van der Waals surface area contributed by atoms with Crippen molar-refractivity contribution in [1.29, 1.82) is 0 Å². The minimum Gasteiger partial charge on any atom is -0.383 e. The summed E-state index contributed by atoms with van der Waals surface area (Å²) in [5, 5.41) is 4.43. The van der Waals surface area contributed by atoms with Crippen molar-refractivity contribution in [2.24, 2.45) is 0 Å². The van der Waals surface area contributed by atoms with Gasteiger partial charge >= 0.3 is 0 Å². The fraction of sp³-hybridized carbons (Fsp3) is 0.231. The minimum atomic E-state index is 0.347. The third-order valence-electron chi connectivity index (χ3n) is 2.55. The molecule has 5 N–H and O–H groups in total. The van der Waals surface area contributed by atoms with Gasteiger partial charge < -0.3 is 16.8 Å². The van der Waals surface area contributed by atoms with E-state index in [0.717, 1.165) is 23.5 Å². The maximum atomic E-state index is 6.27. The number of nitrogens with two attached hydrogens (primary N) is 2. The summed E-state index contributed by atoms with van der Waals surface area (Å²) in [5.41, 5.74) is 12.5. The van der Waals surface area contributed by atoms with Crippen LogP contribution in [0, 0.1) is 0 Å². The van der Waals surface area contributed by atoms with Crippen LogP contribution < -0.4 is 16.8 Å². The van der Waals surface area contributed by atoms with Gasteiger partial charge in [0.2, 0.25) is 0 Å². The zero-order valence-electron chi connectivity index (χ0n) is 11.1. The fourth-order valence-corrected chi connectivity index (χ4v) is 2.90. The van der Waals surface area contributed by atoms with Gasteiger partial charge in [-0.25, -0.2) is 9.97 Å². The van der Waals surface area contributed by atoms with Crippen LogP contribution in [0.15, 0.2) is 34.3 Å². The number of nitrogen functional groups attached to an aromatic ring is 2. The second-order valence-electron chi connectivity index (χ2n) is 4.11. The molecule has 0 aliphatic rings. The number of halogens is 1. The molecule has 1 aromatic heterocycles. The van der Waals surface area contributed by atoms with E-state index in [4.69, 9.17) is 23.1 Å². The number of hydrogen-bond acceptors (Lipinski definition) is 6. The number of nitrogens with one attached hydrogen (secondary N) is 1. The molecule has 0 saturated heterocycles. The smallest absolute Gasteiger partial charge is 0.196 e. The summed E-state index contributed by atoms with van der Waals surface area (Å²) in [6.45, 7) is 3.68. The molecule has 0 amide bonds. The molecule has 0 unspecified atom stereocenters. The fourth-order valence-electron chi connectivity index (χ4n) is 1.67. The molecule has 2 rings (SSSR count). The second-order valence-corrected chi connectivity index (χ2v) is 5.50. The predicted octanol–water partition coefficient (Wildman–Crippen LogP) is 2.56. The van der Waals surface area contributed by atoms with Crippen molar-refractivity contribution in [3.8, 4) is 0 Å². The average molecular weight is 310 g/mol. The summed E-state index contributed by atoms with van der Waals surface area (Å²) < 4.78 is 0. The van der Waals surface area contributed by atoms with E-state index in [1.807, 2.05) is 18.2 Å². The molecule has 0 bridgehead atoms. The molecule has 0 aliphatic heterocycles. The molecule has 0 fully saturated rings. The third-order valence-corrected chi connectivity index (χ3v) is 4.03. The van der Waals surface area contributed by atoms with Crippen LogP contribution in [0.2, 0.25) is 5.02 Å². The van der Waals surface area contributed by atoms with Gasteiger partial charge in [-0.3, -0.25) is 0 Å². The Hall–Kier alpha value is -1.50. The van der Waals surface area contributed by atoms with E-state index < -0.39 is 0 Å². The van der Waals surface area contributed by atoms with Crippen molar-refractivity contribution in [3.63, 3.8) is 0 Å². The SMILES string of the molecule is CCNCc1cccc(Cl)c1Sc1nc(N)cc(N)n1. The van der Waals surface area contributed by atoms with E-state index in [2.05, 4.69) is 22.2 Å². The second kappa shape index (κ2) is 6.78. The van der Waals surface area contributed by atoms with Crippen LogP contribution in [-0.4, -0.2) is 16.5 Å². The Kier molecular flexibility index (Phi) is 5.05. The van der Waals surface area contributed by atoms with E-state index in [1.54, 1.807) is 0 Å². The van der Waals surface area contributed by atoms with Crippen LogP contribution in [0.4, 0.5) is 11.6 Å². The van der Waals surface area contributed by atoms with Gasteiger partial charge in [-0.2, -0.15) is 0 Å². The van der Waals surface area contributed by atoms with E-state index in [-0.39, 0.29) is 0 Å². The van der Waals surface area contributed by atoms with Crippen LogP contribution >= 0.6 is 23.4 Å². The molecule has 0 atom stereocenters. The maximum absolute atomic E-state index is 6.27. The van der Waals surface area contributed by atoms with Crippen LogP contribution in [0.3, 0.4) is 0 Å². The molecular formula is C13H16ClN5S. The number of nitrogens with zero attached hydrogens (tertiary/aromatic N) is 2. The van der Waals surface area contributed by atoms with Crippen LogP contribution in [0.1, 0.15) is 12.5 Å². The number of anilines is 2. The molecule has 7 heteroatoms. The highest BCUT2D eigenvalue weighted by Gasteiger charge is 2.11. The predicted molar refractivity (Wildman–Crippen MR) is 83.8 cm³/mol.